The minimum absolute atomic E-state index is 0.178. The summed E-state index contributed by atoms with van der Waals surface area (Å²) in [5.74, 6) is -0.989. The van der Waals surface area contributed by atoms with Gasteiger partial charge < -0.3 is 5.11 Å². The molecule has 5 nitrogen and oxygen atoms in total. The molecule has 0 unspecified atom stereocenters. The molecular formula is C15H15N2O3+. The number of nitrogens with zero attached hydrogens (tertiary/aromatic N) is 2. The van der Waals surface area contributed by atoms with Crippen molar-refractivity contribution in [2.75, 3.05) is 0 Å². The van der Waals surface area contributed by atoms with Gasteiger partial charge in [0.15, 0.2) is 6.54 Å². The van der Waals surface area contributed by atoms with E-state index in [1.165, 1.54) is 12.2 Å². The van der Waals surface area contributed by atoms with Crippen LogP contribution in [-0.4, -0.2) is 15.6 Å². The zero-order valence-corrected chi connectivity index (χ0v) is 11.2. The van der Waals surface area contributed by atoms with Crippen molar-refractivity contribution in [2.45, 2.75) is 6.54 Å². The van der Waals surface area contributed by atoms with Crippen molar-refractivity contribution in [2.24, 2.45) is 7.05 Å². The molecule has 0 atom stereocenters. The molecule has 0 saturated heterocycles. The zero-order valence-electron chi connectivity index (χ0n) is 11.2. The molecule has 20 heavy (non-hydrogen) atoms. The number of fused-ring (bicyclic) bond motifs is 1. The third kappa shape index (κ3) is 2.03. The van der Waals surface area contributed by atoms with Gasteiger partial charge in [-0.05, 0) is 18.2 Å². The van der Waals surface area contributed by atoms with E-state index in [2.05, 4.69) is 13.2 Å². The lowest BCUT2D eigenvalue weighted by Gasteiger charge is -2.10. The first-order valence-corrected chi connectivity index (χ1v) is 6.03. The lowest BCUT2D eigenvalue weighted by atomic mass is 10.1. The fourth-order valence-electron chi connectivity index (χ4n) is 2.35. The number of carboxylic acid groups (broad SMARTS) is 1. The molecule has 2 aromatic rings. The number of hydrogen-bond acceptors (Lipinski definition) is 2. The third-order valence-corrected chi connectivity index (χ3v) is 3.15. The molecule has 0 amide bonds. The average Bonchev–Trinajstić information content (AvgIpc) is 2.41. The van der Waals surface area contributed by atoms with Crippen molar-refractivity contribution < 1.29 is 14.5 Å². The third-order valence-electron chi connectivity index (χ3n) is 3.15. The van der Waals surface area contributed by atoms with Crippen LogP contribution in [0.5, 0.6) is 0 Å². The van der Waals surface area contributed by atoms with E-state index in [1.54, 1.807) is 34.5 Å². The Labute approximate surface area is 115 Å². The van der Waals surface area contributed by atoms with Crippen molar-refractivity contribution in [3.63, 3.8) is 0 Å². The number of carbonyl (C=O) groups is 1. The SMILES string of the molecule is C=Cc1c(C=C)n(CC(=O)O)c2c(ccc[n+]2C)c1=O. The fourth-order valence-corrected chi connectivity index (χ4v) is 2.35. The Morgan fingerprint density at radius 1 is 1.45 bits per heavy atom. The number of aromatic nitrogens is 2. The lowest BCUT2D eigenvalue weighted by molar-refractivity contribution is -0.647. The summed E-state index contributed by atoms with van der Waals surface area (Å²) in [4.78, 5) is 23.5. The van der Waals surface area contributed by atoms with Gasteiger partial charge in [-0.3, -0.25) is 4.79 Å². The molecule has 0 spiro atoms. The molecule has 5 heteroatoms. The predicted octanol–water partition coefficient (Wildman–Crippen LogP) is 1.20. The van der Waals surface area contributed by atoms with Gasteiger partial charge in [-0.2, -0.15) is 0 Å². The number of aliphatic carboxylic acids is 1. The Morgan fingerprint density at radius 3 is 2.70 bits per heavy atom. The van der Waals surface area contributed by atoms with Crippen LogP contribution in [-0.2, 0) is 18.4 Å². The zero-order chi connectivity index (χ0) is 14.9. The first-order chi connectivity index (χ1) is 9.51. The van der Waals surface area contributed by atoms with Crippen LogP contribution in [0.25, 0.3) is 23.2 Å². The molecule has 0 aliphatic heterocycles. The summed E-state index contributed by atoms with van der Waals surface area (Å²) in [6.45, 7) is 7.06. The molecule has 2 heterocycles. The Hall–Kier alpha value is -2.69. The van der Waals surface area contributed by atoms with E-state index in [4.69, 9.17) is 5.11 Å². The van der Waals surface area contributed by atoms with Crippen LogP contribution in [0.15, 0.2) is 36.3 Å². The van der Waals surface area contributed by atoms with E-state index in [0.29, 0.717) is 22.3 Å². The smallest absolute Gasteiger partial charge is 0.346 e. The second-order valence-corrected chi connectivity index (χ2v) is 4.37. The highest BCUT2D eigenvalue weighted by molar-refractivity contribution is 5.81. The van der Waals surface area contributed by atoms with Gasteiger partial charge in [-0.15, -0.1) is 0 Å². The predicted molar refractivity (Wildman–Crippen MR) is 77.2 cm³/mol. The van der Waals surface area contributed by atoms with E-state index in [1.807, 2.05) is 0 Å². The summed E-state index contributed by atoms with van der Waals surface area (Å²) in [5, 5.41) is 9.56. The van der Waals surface area contributed by atoms with Crippen LogP contribution in [0.1, 0.15) is 11.3 Å². The monoisotopic (exact) mass is 271 g/mol. The van der Waals surface area contributed by atoms with Crippen molar-refractivity contribution in [1.82, 2.24) is 4.57 Å². The topological polar surface area (TPSA) is 63.2 Å². The van der Waals surface area contributed by atoms with E-state index in [-0.39, 0.29) is 12.0 Å². The first-order valence-electron chi connectivity index (χ1n) is 6.03. The summed E-state index contributed by atoms with van der Waals surface area (Å²) in [6.07, 6.45) is 4.68. The summed E-state index contributed by atoms with van der Waals surface area (Å²) < 4.78 is 3.28. The quantitative estimate of drug-likeness (QED) is 0.850. The highest BCUT2D eigenvalue weighted by Crippen LogP contribution is 2.15. The molecule has 0 radical (unpaired) electrons. The van der Waals surface area contributed by atoms with Crippen molar-refractivity contribution in [3.8, 4) is 0 Å². The number of carboxylic acids is 1. The van der Waals surface area contributed by atoms with E-state index >= 15 is 0 Å². The normalized spacial score (nSPS) is 10.4. The van der Waals surface area contributed by atoms with Crippen molar-refractivity contribution in [3.05, 3.63) is 53.0 Å². The molecule has 0 aromatic carbocycles. The van der Waals surface area contributed by atoms with Gasteiger partial charge in [-0.1, -0.05) is 19.2 Å². The number of rotatable bonds is 4. The number of pyridine rings is 2. The highest BCUT2D eigenvalue weighted by Gasteiger charge is 2.22. The summed E-state index contributed by atoms with van der Waals surface area (Å²) in [5.41, 5.74) is 1.18. The second kappa shape index (κ2) is 5.13. The van der Waals surface area contributed by atoms with Crippen molar-refractivity contribution in [1.29, 1.82) is 0 Å². The van der Waals surface area contributed by atoms with Gasteiger partial charge in [0.25, 0.3) is 5.65 Å². The van der Waals surface area contributed by atoms with E-state index in [9.17, 15) is 9.59 Å². The number of aryl methyl sites for hydroxylation is 1. The van der Waals surface area contributed by atoms with E-state index < -0.39 is 5.97 Å². The molecule has 0 bridgehead atoms. The van der Waals surface area contributed by atoms with Gasteiger partial charge in [0, 0.05) is 0 Å². The molecule has 0 aliphatic carbocycles. The molecule has 0 aliphatic rings. The molecule has 2 aromatic heterocycles. The van der Waals surface area contributed by atoms with Gasteiger partial charge in [0.2, 0.25) is 5.43 Å². The average molecular weight is 271 g/mol. The molecule has 102 valence electrons. The Kier molecular flexibility index (Phi) is 3.52. The number of hydrogen-bond donors (Lipinski definition) is 1. The Bertz CT molecular complexity index is 788. The van der Waals surface area contributed by atoms with Gasteiger partial charge in [0.05, 0.1) is 18.8 Å². The largest absolute Gasteiger partial charge is 0.478 e. The molecule has 0 fully saturated rings. The Balaban J connectivity index is 3.08. The van der Waals surface area contributed by atoms with Crippen LogP contribution in [0.3, 0.4) is 0 Å². The van der Waals surface area contributed by atoms with Crippen LogP contribution < -0.4 is 10.00 Å². The summed E-state index contributed by atoms with van der Waals surface area (Å²) in [7, 11) is 1.76. The van der Waals surface area contributed by atoms with Crippen LogP contribution in [0.4, 0.5) is 0 Å². The van der Waals surface area contributed by atoms with E-state index in [0.717, 1.165) is 0 Å². The van der Waals surface area contributed by atoms with Crippen molar-refractivity contribution >= 4 is 29.2 Å². The minimum Gasteiger partial charge on any atom is -0.478 e. The molecule has 1 N–H and O–H groups in total. The molecular weight excluding hydrogens is 256 g/mol. The van der Waals surface area contributed by atoms with Gasteiger partial charge in [-0.25, -0.2) is 13.9 Å². The van der Waals surface area contributed by atoms with Crippen LogP contribution >= 0.6 is 0 Å². The van der Waals surface area contributed by atoms with Crippen LogP contribution in [0.2, 0.25) is 0 Å². The molecule has 2 rings (SSSR count). The second-order valence-electron chi connectivity index (χ2n) is 4.37. The fraction of sp³-hybridized carbons (Fsp3) is 0.133. The minimum atomic E-state index is -0.989. The lowest BCUT2D eigenvalue weighted by Crippen LogP contribution is -2.35. The van der Waals surface area contributed by atoms with Crippen LogP contribution in [0, 0.1) is 0 Å². The maximum Gasteiger partial charge on any atom is 0.346 e. The summed E-state index contributed by atoms with van der Waals surface area (Å²) in [6, 6.07) is 3.42. The molecule has 0 saturated carbocycles. The first kappa shape index (κ1) is 13.7. The van der Waals surface area contributed by atoms with Gasteiger partial charge >= 0.3 is 5.97 Å². The maximum atomic E-state index is 12.4. The summed E-state index contributed by atoms with van der Waals surface area (Å²) >= 11 is 0. The maximum absolute atomic E-state index is 12.4. The highest BCUT2D eigenvalue weighted by atomic mass is 16.4. The standard InChI is InChI=1S/C15H14N2O3/c1-4-10-12(5-2)17(9-13(18)19)15-11(14(10)20)7-6-8-16(15)3/h4-8H,1-2,9H2,3H3/p+1. The Morgan fingerprint density at radius 2 is 2.15 bits per heavy atom. The van der Waals surface area contributed by atoms with Gasteiger partial charge in [0.1, 0.15) is 11.1 Å².